The molecule has 1 fully saturated rings. The van der Waals surface area contributed by atoms with Crippen LogP contribution in [0.25, 0.3) is 11.2 Å². The van der Waals surface area contributed by atoms with Gasteiger partial charge in [0.1, 0.15) is 11.8 Å². The fourth-order valence-corrected chi connectivity index (χ4v) is 3.16. The Kier molecular flexibility index (Phi) is 2.81. The summed E-state index contributed by atoms with van der Waals surface area (Å²) < 4.78 is 8.07. The van der Waals surface area contributed by atoms with Crippen LogP contribution in [0.4, 0.5) is 0 Å². The van der Waals surface area contributed by atoms with Gasteiger partial charge in [0.2, 0.25) is 5.88 Å². The van der Waals surface area contributed by atoms with Gasteiger partial charge in [0, 0.05) is 6.04 Å². The summed E-state index contributed by atoms with van der Waals surface area (Å²) in [6.07, 6.45) is 5.10. The average molecular weight is 264 g/mol. The van der Waals surface area contributed by atoms with Crippen LogP contribution in [-0.4, -0.2) is 26.6 Å². The molecule has 5 nitrogen and oxygen atoms in total. The maximum atomic E-state index is 5.42. The van der Waals surface area contributed by atoms with E-state index < -0.39 is 0 Å². The van der Waals surface area contributed by atoms with Gasteiger partial charge < -0.3 is 9.72 Å². The Labute approximate surface area is 110 Å². The monoisotopic (exact) mass is 264 g/mol. The lowest BCUT2D eigenvalue weighted by Crippen LogP contribution is -2.06. The summed E-state index contributed by atoms with van der Waals surface area (Å²) in [6.45, 7) is 2.29. The SMILES string of the molecule is COc1ncnc2c1[nH]c(=S)n2C1CCC(C)C1. The minimum Gasteiger partial charge on any atom is -0.479 e. The van der Waals surface area contributed by atoms with Crippen LogP contribution in [0.1, 0.15) is 32.2 Å². The van der Waals surface area contributed by atoms with E-state index in [0.29, 0.717) is 16.7 Å². The third-order valence-electron chi connectivity index (χ3n) is 3.70. The molecule has 0 saturated heterocycles. The van der Waals surface area contributed by atoms with Gasteiger partial charge in [0.25, 0.3) is 0 Å². The van der Waals surface area contributed by atoms with Gasteiger partial charge in [-0.25, -0.2) is 4.98 Å². The lowest BCUT2D eigenvalue weighted by atomic mass is 10.1. The zero-order chi connectivity index (χ0) is 12.7. The summed E-state index contributed by atoms with van der Waals surface area (Å²) in [5.41, 5.74) is 1.65. The second-order valence-electron chi connectivity index (χ2n) is 4.95. The zero-order valence-electron chi connectivity index (χ0n) is 10.5. The maximum absolute atomic E-state index is 5.42. The number of nitrogens with zero attached hydrogens (tertiary/aromatic N) is 3. The lowest BCUT2D eigenvalue weighted by molar-refractivity contribution is 0.401. The van der Waals surface area contributed by atoms with E-state index in [0.717, 1.165) is 29.9 Å². The highest BCUT2D eigenvalue weighted by Gasteiger charge is 2.26. The quantitative estimate of drug-likeness (QED) is 0.847. The number of aromatic amines is 1. The van der Waals surface area contributed by atoms with Crippen molar-refractivity contribution in [1.29, 1.82) is 0 Å². The fraction of sp³-hybridized carbons (Fsp3) is 0.583. The van der Waals surface area contributed by atoms with E-state index in [-0.39, 0.29) is 0 Å². The molecule has 0 radical (unpaired) electrons. The number of rotatable bonds is 2. The minimum absolute atomic E-state index is 0.445. The van der Waals surface area contributed by atoms with Crippen molar-refractivity contribution in [1.82, 2.24) is 19.5 Å². The molecule has 3 rings (SSSR count). The number of imidazole rings is 1. The van der Waals surface area contributed by atoms with E-state index in [1.165, 1.54) is 12.7 Å². The molecule has 2 aromatic rings. The number of H-pyrrole nitrogens is 1. The molecule has 0 spiro atoms. The minimum atomic E-state index is 0.445. The molecule has 0 bridgehead atoms. The fourth-order valence-electron chi connectivity index (χ4n) is 2.82. The lowest BCUT2D eigenvalue weighted by Gasteiger charge is -2.12. The van der Waals surface area contributed by atoms with Crippen molar-refractivity contribution in [3.05, 3.63) is 11.1 Å². The summed E-state index contributed by atoms with van der Waals surface area (Å²) in [5.74, 6) is 1.31. The van der Waals surface area contributed by atoms with Crippen LogP contribution in [0.2, 0.25) is 0 Å². The summed E-state index contributed by atoms with van der Waals surface area (Å²) >= 11 is 5.42. The van der Waals surface area contributed by atoms with E-state index in [2.05, 4.69) is 26.4 Å². The number of fused-ring (bicyclic) bond motifs is 1. The van der Waals surface area contributed by atoms with Gasteiger partial charge in [0.05, 0.1) is 7.11 Å². The molecule has 2 aromatic heterocycles. The van der Waals surface area contributed by atoms with Crippen LogP contribution in [-0.2, 0) is 0 Å². The van der Waals surface area contributed by atoms with E-state index in [9.17, 15) is 0 Å². The molecule has 1 aliphatic carbocycles. The predicted octanol–water partition coefficient (Wildman–Crippen LogP) is 2.86. The maximum Gasteiger partial charge on any atom is 0.242 e. The van der Waals surface area contributed by atoms with Crippen LogP contribution < -0.4 is 4.74 Å². The van der Waals surface area contributed by atoms with Crippen LogP contribution in [0.5, 0.6) is 5.88 Å². The highest BCUT2D eigenvalue weighted by atomic mass is 32.1. The Hall–Kier alpha value is -1.43. The first-order valence-corrected chi connectivity index (χ1v) is 6.60. The van der Waals surface area contributed by atoms with Crippen LogP contribution >= 0.6 is 12.2 Å². The van der Waals surface area contributed by atoms with Crippen molar-refractivity contribution >= 4 is 23.4 Å². The number of nitrogens with one attached hydrogen (secondary N) is 1. The van der Waals surface area contributed by atoms with Crippen molar-refractivity contribution < 1.29 is 4.74 Å². The summed E-state index contributed by atoms with van der Waals surface area (Å²) in [7, 11) is 1.60. The van der Waals surface area contributed by atoms with E-state index >= 15 is 0 Å². The van der Waals surface area contributed by atoms with Crippen molar-refractivity contribution in [2.45, 2.75) is 32.2 Å². The van der Waals surface area contributed by atoms with E-state index in [1.54, 1.807) is 7.11 Å². The highest BCUT2D eigenvalue weighted by molar-refractivity contribution is 7.71. The third-order valence-corrected chi connectivity index (χ3v) is 4.00. The summed E-state index contributed by atoms with van der Waals surface area (Å²) in [6, 6.07) is 0.445. The third kappa shape index (κ3) is 1.71. The highest BCUT2D eigenvalue weighted by Crippen LogP contribution is 2.36. The molecule has 96 valence electrons. The second kappa shape index (κ2) is 4.35. The van der Waals surface area contributed by atoms with Gasteiger partial charge in [-0.05, 0) is 37.4 Å². The summed E-state index contributed by atoms with van der Waals surface area (Å²) in [5, 5.41) is 0. The van der Waals surface area contributed by atoms with Gasteiger partial charge in [-0.15, -0.1) is 0 Å². The van der Waals surface area contributed by atoms with E-state index in [4.69, 9.17) is 17.0 Å². The molecule has 2 heterocycles. The first kappa shape index (κ1) is 11.6. The first-order valence-electron chi connectivity index (χ1n) is 6.20. The van der Waals surface area contributed by atoms with E-state index in [1.807, 2.05) is 0 Å². The Morgan fingerprint density at radius 1 is 1.44 bits per heavy atom. The van der Waals surface area contributed by atoms with Gasteiger partial charge in [-0.2, -0.15) is 4.98 Å². The van der Waals surface area contributed by atoms with Crippen molar-refractivity contribution in [3.63, 3.8) is 0 Å². The molecular formula is C12H16N4OS. The molecule has 6 heteroatoms. The van der Waals surface area contributed by atoms with Crippen LogP contribution in [0.15, 0.2) is 6.33 Å². The number of hydrogen-bond donors (Lipinski definition) is 1. The first-order chi connectivity index (χ1) is 8.70. The van der Waals surface area contributed by atoms with Crippen molar-refractivity contribution in [3.8, 4) is 5.88 Å². The Bertz CT molecular complexity index is 633. The smallest absolute Gasteiger partial charge is 0.242 e. The molecule has 2 atom stereocenters. The predicted molar refractivity (Wildman–Crippen MR) is 71.3 cm³/mol. The van der Waals surface area contributed by atoms with Crippen molar-refractivity contribution in [2.24, 2.45) is 5.92 Å². The molecule has 0 aromatic carbocycles. The zero-order valence-corrected chi connectivity index (χ0v) is 11.3. The molecule has 2 unspecified atom stereocenters. The Balaban J connectivity index is 2.17. The van der Waals surface area contributed by atoms with Gasteiger partial charge in [-0.3, -0.25) is 4.57 Å². The molecular weight excluding hydrogens is 248 g/mol. The average Bonchev–Trinajstić information content (AvgIpc) is 2.91. The van der Waals surface area contributed by atoms with Crippen LogP contribution in [0, 0.1) is 10.7 Å². The van der Waals surface area contributed by atoms with Crippen molar-refractivity contribution in [2.75, 3.05) is 7.11 Å². The normalized spacial score (nSPS) is 23.7. The molecule has 1 N–H and O–H groups in total. The molecule has 0 aliphatic heterocycles. The number of hydrogen-bond acceptors (Lipinski definition) is 4. The van der Waals surface area contributed by atoms with Gasteiger partial charge in [-0.1, -0.05) is 6.92 Å². The second-order valence-corrected chi connectivity index (χ2v) is 5.34. The van der Waals surface area contributed by atoms with Gasteiger partial charge >= 0.3 is 0 Å². The molecule has 18 heavy (non-hydrogen) atoms. The largest absolute Gasteiger partial charge is 0.479 e. The number of ether oxygens (including phenoxy) is 1. The Morgan fingerprint density at radius 2 is 2.28 bits per heavy atom. The van der Waals surface area contributed by atoms with Crippen LogP contribution in [0.3, 0.4) is 0 Å². The molecule has 0 amide bonds. The van der Waals surface area contributed by atoms with Gasteiger partial charge in [0.15, 0.2) is 10.4 Å². The summed E-state index contributed by atoms with van der Waals surface area (Å²) in [4.78, 5) is 11.6. The molecule has 1 saturated carbocycles. The number of methoxy groups -OCH3 is 1. The number of aromatic nitrogens is 4. The standard InChI is InChI=1S/C12H16N4OS/c1-7-3-4-8(5-7)16-10-9(15-12(16)18)11(17-2)14-6-13-10/h6-8H,3-5H2,1-2H3,(H,15,18). The topological polar surface area (TPSA) is 55.7 Å². The Morgan fingerprint density at radius 3 is 2.94 bits per heavy atom. The molecule has 1 aliphatic rings.